The number of aryl methyl sites for hydroxylation is 1. The predicted octanol–water partition coefficient (Wildman–Crippen LogP) is -3.18. The molecule has 1 aromatic rings. The Kier molecular flexibility index (Phi) is 5.77. The van der Waals surface area contributed by atoms with Gasteiger partial charge in [0.2, 0.25) is 5.95 Å². The number of nitriles is 1. The summed E-state index contributed by atoms with van der Waals surface area (Å²) in [6.07, 6.45) is 4.94. The Morgan fingerprint density at radius 2 is 2.41 bits per heavy atom. The standard InChI is InChI=1S/C9H18N8/c1-12-9(14-6-10)13-5-3-2-4-7-15-8(11)17-16-7/h9,12-14H,2-5H2,1H3,(H3,11,15,16,17)/p+2/t9-/m0/s1. The Hall–Kier alpha value is -1.85. The van der Waals surface area contributed by atoms with Crippen molar-refractivity contribution in [2.24, 2.45) is 0 Å². The summed E-state index contributed by atoms with van der Waals surface area (Å²) < 4.78 is 0. The van der Waals surface area contributed by atoms with Gasteiger partial charge in [-0.15, -0.1) is 5.10 Å². The largest absolute Gasteiger partial charge is 0.367 e. The first kappa shape index (κ1) is 13.2. The number of nitrogens with two attached hydrogens (primary N) is 3. The van der Waals surface area contributed by atoms with Gasteiger partial charge in [-0.2, -0.15) is 10.2 Å². The highest BCUT2D eigenvalue weighted by Gasteiger charge is 2.08. The molecular weight excluding hydrogens is 220 g/mol. The maximum absolute atomic E-state index is 8.49. The number of hydrogen-bond donors (Lipinski definition) is 5. The first-order valence-corrected chi connectivity index (χ1v) is 5.70. The van der Waals surface area contributed by atoms with Crippen LogP contribution in [0.15, 0.2) is 0 Å². The van der Waals surface area contributed by atoms with Crippen molar-refractivity contribution in [3.05, 3.63) is 5.82 Å². The zero-order valence-electron chi connectivity index (χ0n) is 9.98. The van der Waals surface area contributed by atoms with Crippen LogP contribution < -0.4 is 21.7 Å². The molecule has 0 unspecified atom stereocenters. The summed E-state index contributed by atoms with van der Waals surface area (Å²) >= 11 is 0. The molecule has 8 heteroatoms. The maximum Gasteiger partial charge on any atom is 0.299 e. The van der Waals surface area contributed by atoms with E-state index in [1.54, 1.807) is 0 Å². The summed E-state index contributed by atoms with van der Waals surface area (Å²) in [4.78, 5) is 4.03. The number of rotatable bonds is 8. The van der Waals surface area contributed by atoms with E-state index in [0.717, 1.165) is 31.6 Å². The van der Waals surface area contributed by atoms with Gasteiger partial charge in [-0.3, -0.25) is 15.7 Å². The third kappa shape index (κ3) is 5.14. The number of aromatic amines is 1. The highest BCUT2D eigenvalue weighted by atomic mass is 15.3. The first-order valence-electron chi connectivity index (χ1n) is 5.70. The fraction of sp³-hybridized carbons (Fsp3) is 0.667. The molecule has 0 spiro atoms. The Bertz CT molecular complexity index is 354. The molecule has 1 atom stereocenters. The minimum absolute atomic E-state index is 0.0703. The molecule has 0 fully saturated rings. The number of H-pyrrole nitrogens is 1. The average Bonchev–Trinajstić information content (AvgIpc) is 2.73. The Morgan fingerprint density at radius 1 is 1.59 bits per heavy atom. The topological polar surface area (TPSA) is 137 Å². The number of nitrogens with one attached hydrogen (secondary N) is 2. The van der Waals surface area contributed by atoms with Gasteiger partial charge in [0.15, 0.2) is 6.19 Å². The second kappa shape index (κ2) is 7.43. The molecule has 0 aliphatic heterocycles. The van der Waals surface area contributed by atoms with Crippen LogP contribution in [0.5, 0.6) is 0 Å². The average molecular weight is 240 g/mol. The summed E-state index contributed by atoms with van der Waals surface area (Å²) in [6.45, 7) is 0.966. The van der Waals surface area contributed by atoms with E-state index in [1.165, 1.54) is 0 Å². The van der Waals surface area contributed by atoms with Crippen LogP contribution in [0.1, 0.15) is 18.7 Å². The molecule has 8 nitrogen and oxygen atoms in total. The normalized spacial score (nSPS) is 12.0. The Balaban J connectivity index is 2.06. The third-order valence-corrected chi connectivity index (χ3v) is 2.43. The van der Waals surface area contributed by atoms with Crippen LogP contribution in [0.4, 0.5) is 5.95 Å². The number of aromatic nitrogens is 3. The number of nitrogens with zero attached hydrogens (tertiary/aromatic N) is 3. The number of quaternary nitrogens is 2. The molecular formula is C9H20N8+2. The van der Waals surface area contributed by atoms with Crippen LogP contribution in [0, 0.1) is 11.5 Å². The fourth-order valence-corrected chi connectivity index (χ4v) is 1.51. The smallest absolute Gasteiger partial charge is 0.299 e. The van der Waals surface area contributed by atoms with Crippen LogP contribution in [-0.4, -0.2) is 35.1 Å². The lowest BCUT2D eigenvalue weighted by atomic mass is 10.2. The zero-order chi connectivity index (χ0) is 12.5. The summed E-state index contributed by atoms with van der Waals surface area (Å²) in [6, 6.07) is 0. The zero-order valence-corrected chi connectivity index (χ0v) is 9.98. The molecule has 0 bridgehead atoms. The van der Waals surface area contributed by atoms with Crippen LogP contribution in [0.25, 0.3) is 0 Å². The minimum Gasteiger partial charge on any atom is -0.367 e. The van der Waals surface area contributed by atoms with Gasteiger partial charge >= 0.3 is 0 Å². The molecule has 0 aliphatic rings. The summed E-state index contributed by atoms with van der Waals surface area (Å²) in [5.41, 5.74) is 5.40. The molecule has 94 valence electrons. The molecule has 1 heterocycles. The van der Waals surface area contributed by atoms with E-state index in [0.29, 0.717) is 5.95 Å². The monoisotopic (exact) mass is 240 g/mol. The molecule has 0 radical (unpaired) electrons. The van der Waals surface area contributed by atoms with Crippen molar-refractivity contribution >= 4 is 5.95 Å². The van der Waals surface area contributed by atoms with Crippen LogP contribution in [0.3, 0.4) is 0 Å². The maximum atomic E-state index is 8.49. The second-order valence-electron chi connectivity index (χ2n) is 3.74. The first-order chi connectivity index (χ1) is 8.26. The van der Waals surface area contributed by atoms with Gasteiger partial charge in [-0.25, -0.2) is 5.32 Å². The third-order valence-electron chi connectivity index (χ3n) is 2.43. The van der Waals surface area contributed by atoms with Crippen molar-refractivity contribution < 1.29 is 10.6 Å². The van der Waals surface area contributed by atoms with Crippen LogP contribution >= 0.6 is 0 Å². The van der Waals surface area contributed by atoms with E-state index >= 15 is 0 Å². The Morgan fingerprint density at radius 3 is 3.00 bits per heavy atom. The molecule has 0 aromatic carbocycles. The quantitative estimate of drug-likeness (QED) is 0.141. The molecule has 0 aliphatic carbocycles. The van der Waals surface area contributed by atoms with Crippen molar-refractivity contribution in [2.75, 3.05) is 19.3 Å². The van der Waals surface area contributed by atoms with E-state index in [4.69, 9.17) is 11.0 Å². The molecule has 1 aromatic heterocycles. The summed E-state index contributed by atoms with van der Waals surface area (Å²) in [5, 5.41) is 21.8. The lowest BCUT2D eigenvalue weighted by Gasteiger charge is -2.08. The lowest BCUT2D eigenvalue weighted by molar-refractivity contribution is -0.897. The molecule has 1 rings (SSSR count). The predicted molar refractivity (Wildman–Crippen MR) is 60.9 cm³/mol. The fourth-order valence-electron chi connectivity index (χ4n) is 1.51. The van der Waals surface area contributed by atoms with Gasteiger partial charge in [0.25, 0.3) is 6.29 Å². The molecule has 17 heavy (non-hydrogen) atoms. The Labute approximate surface area is 100.0 Å². The van der Waals surface area contributed by atoms with Gasteiger partial charge in [-0.05, 0) is 12.8 Å². The summed E-state index contributed by atoms with van der Waals surface area (Å²) in [7, 11) is 1.93. The minimum atomic E-state index is 0.0703. The van der Waals surface area contributed by atoms with E-state index in [2.05, 4.69) is 25.8 Å². The van der Waals surface area contributed by atoms with Crippen molar-refractivity contribution in [2.45, 2.75) is 25.6 Å². The molecule has 0 saturated heterocycles. The van der Waals surface area contributed by atoms with Crippen molar-refractivity contribution in [3.8, 4) is 6.19 Å². The SMILES string of the molecule is C[NH2+][C@H](NC#N)[NH2+]CCCCc1nc(N)n[nH]1. The van der Waals surface area contributed by atoms with Gasteiger partial charge in [0, 0.05) is 6.42 Å². The number of unbranched alkanes of at least 4 members (excludes halogenated alkanes) is 1. The van der Waals surface area contributed by atoms with E-state index < -0.39 is 0 Å². The molecule has 0 saturated carbocycles. The van der Waals surface area contributed by atoms with Crippen molar-refractivity contribution in [3.63, 3.8) is 0 Å². The number of nitrogen functional groups attached to an aromatic ring is 1. The van der Waals surface area contributed by atoms with Crippen LogP contribution in [-0.2, 0) is 6.42 Å². The highest BCUT2D eigenvalue weighted by Crippen LogP contribution is 1.98. The number of anilines is 1. The van der Waals surface area contributed by atoms with Gasteiger partial charge in [0.1, 0.15) is 5.82 Å². The molecule has 0 amide bonds. The van der Waals surface area contributed by atoms with Gasteiger partial charge < -0.3 is 5.73 Å². The van der Waals surface area contributed by atoms with E-state index in [1.807, 2.05) is 18.6 Å². The molecule has 8 N–H and O–H groups in total. The second-order valence-corrected chi connectivity index (χ2v) is 3.74. The highest BCUT2D eigenvalue weighted by molar-refractivity contribution is 5.12. The van der Waals surface area contributed by atoms with Crippen LogP contribution in [0.2, 0.25) is 0 Å². The van der Waals surface area contributed by atoms with E-state index in [9.17, 15) is 0 Å². The van der Waals surface area contributed by atoms with Gasteiger partial charge in [-0.1, -0.05) is 0 Å². The summed E-state index contributed by atoms with van der Waals surface area (Å²) in [5.74, 6) is 1.13. The van der Waals surface area contributed by atoms with Gasteiger partial charge in [0.05, 0.1) is 13.6 Å². The van der Waals surface area contributed by atoms with Crippen molar-refractivity contribution in [1.82, 2.24) is 20.5 Å². The van der Waals surface area contributed by atoms with Crippen molar-refractivity contribution in [1.29, 1.82) is 5.26 Å². The number of hydrogen-bond acceptors (Lipinski definition) is 5. The van der Waals surface area contributed by atoms with E-state index in [-0.39, 0.29) is 6.29 Å². The lowest BCUT2D eigenvalue weighted by Crippen LogP contribution is -3.13.